The Morgan fingerprint density at radius 2 is 1.80 bits per heavy atom. The van der Waals surface area contributed by atoms with Gasteiger partial charge in [-0.2, -0.15) is 0 Å². The van der Waals surface area contributed by atoms with Gasteiger partial charge in [-0.25, -0.2) is 0 Å². The average molecular weight is 226 g/mol. The summed E-state index contributed by atoms with van der Waals surface area (Å²) in [5.41, 5.74) is 1.03. The molecule has 1 aromatic carbocycles. The smallest absolute Gasteiger partial charge is 0.0741 e. The molecule has 0 spiro atoms. The van der Waals surface area contributed by atoms with E-state index in [-0.39, 0.29) is 12.1 Å². The monoisotopic (exact) mass is 225 g/mol. The van der Waals surface area contributed by atoms with Gasteiger partial charge in [0.2, 0.25) is 0 Å². The number of anilines is 1. The molecule has 2 rings (SSSR count). The van der Waals surface area contributed by atoms with Crippen molar-refractivity contribution in [3.63, 3.8) is 0 Å². The van der Waals surface area contributed by atoms with Crippen molar-refractivity contribution in [1.29, 1.82) is 0 Å². The molecule has 2 atom stereocenters. The van der Waals surface area contributed by atoms with E-state index in [0.29, 0.717) is 0 Å². The zero-order chi connectivity index (χ0) is 10.7. The van der Waals surface area contributed by atoms with Gasteiger partial charge in [-0.3, -0.25) is 0 Å². The number of halogens is 1. The Morgan fingerprint density at radius 3 is 2.47 bits per heavy atom. The van der Waals surface area contributed by atoms with Gasteiger partial charge in [0.25, 0.3) is 0 Å². The molecule has 1 fully saturated rings. The van der Waals surface area contributed by atoms with E-state index in [0.717, 1.165) is 30.0 Å². The number of rotatable bonds is 2. The highest BCUT2D eigenvalue weighted by Gasteiger charge is 2.22. The maximum absolute atomic E-state index is 9.80. The maximum Gasteiger partial charge on any atom is 0.0741 e. The van der Waals surface area contributed by atoms with Crippen molar-refractivity contribution >= 4 is 17.3 Å². The molecule has 0 unspecified atom stereocenters. The highest BCUT2D eigenvalue weighted by molar-refractivity contribution is 6.30. The molecule has 0 aliphatic heterocycles. The standard InChI is InChI=1S/C12H16ClNO/c13-9-5-7-10(8-6-9)14-11-3-1-2-4-12(11)15/h5-8,11-12,14-15H,1-4H2/t11-,12-/m0/s1. The van der Waals surface area contributed by atoms with E-state index in [2.05, 4.69) is 5.32 Å². The third kappa shape index (κ3) is 2.86. The van der Waals surface area contributed by atoms with Crippen molar-refractivity contribution < 1.29 is 5.11 Å². The minimum Gasteiger partial charge on any atom is -0.391 e. The van der Waals surface area contributed by atoms with Gasteiger partial charge in [-0.15, -0.1) is 0 Å². The number of nitrogens with one attached hydrogen (secondary N) is 1. The van der Waals surface area contributed by atoms with Crippen LogP contribution in [0.5, 0.6) is 0 Å². The lowest BCUT2D eigenvalue weighted by Crippen LogP contribution is -2.36. The van der Waals surface area contributed by atoms with Crippen molar-refractivity contribution in [2.45, 2.75) is 37.8 Å². The molecule has 1 saturated carbocycles. The van der Waals surface area contributed by atoms with Crippen LogP contribution in [0.1, 0.15) is 25.7 Å². The van der Waals surface area contributed by atoms with Crippen LogP contribution in [0.2, 0.25) is 5.02 Å². The fourth-order valence-corrected chi connectivity index (χ4v) is 2.17. The fraction of sp³-hybridized carbons (Fsp3) is 0.500. The molecule has 0 aromatic heterocycles. The van der Waals surface area contributed by atoms with Crippen LogP contribution in [0.3, 0.4) is 0 Å². The maximum atomic E-state index is 9.80. The molecule has 15 heavy (non-hydrogen) atoms. The van der Waals surface area contributed by atoms with Crippen LogP contribution in [0.4, 0.5) is 5.69 Å². The highest BCUT2D eigenvalue weighted by atomic mass is 35.5. The van der Waals surface area contributed by atoms with Gasteiger partial charge < -0.3 is 10.4 Å². The quantitative estimate of drug-likeness (QED) is 0.811. The summed E-state index contributed by atoms with van der Waals surface area (Å²) in [6, 6.07) is 7.81. The molecule has 82 valence electrons. The lowest BCUT2D eigenvalue weighted by Gasteiger charge is -2.29. The van der Waals surface area contributed by atoms with Crippen molar-refractivity contribution in [3.8, 4) is 0 Å². The van der Waals surface area contributed by atoms with Crippen molar-refractivity contribution in [1.82, 2.24) is 0 Å². The van der Waals surface area contributed by atoms with Crippen LogP contribution in [0, 0.1) is 0 Å². The van der Waals surface area contributed by atoms with Crippen molar-refractivity contribution in [2.24, 2.45) is 0 Å². The second-order valence-electron chi connectivity index (χ2n) is 4.11. The van der Waals surface area contributed by atoms with E-state index >= 15 is 0 Å². The van der Waals surface area contributed by atoms with Crippen molar-refractivity contribution in [3.05, 3.63) is 29.3 Å². The Hall–Kier alpha value is -0.730. The van der Waals surface area contributed by atoms with Gasteiger partial charge in [0, 0.05) is 10.7 Å². The summed E-state index contributed by atoms with van der Waals surface area (Å²) in [7, 11) is 0. The highest BCUT2D eigenvalue weighted by Crippen LogP contribution is 2.22. The third-order valence-electron chi connectivity index (χ3n) is 2.93. The van der Waals surface area contributed by atoms with Gasteiger partial charge in [-0.1, -0.05) is 24.4 Å². The molecule has 1 aliphatic carbocycles. The first-order chi connectivity index (χ1) is 7.25. The van der Waals surface area contributed by atoms with Crippen LogP contribution in [0.25, 0.3) is 0 Å². The summed E-state index contributed by atoms with van der Waals surface area (Å²) in [4.78, 5) is 0. The van der Waals surface area contributed by atoms with Crippen LogP contribution < -0.4 is 5.32 Å². The van der Waals surface area contributed by atoms with Crippen LogP contribution in [-0.2, 0) is 0 Å². The van der Waals surface area contributed by atoms with E-state index in [1.807, 2.05) is 24.3 Å². The van der Waals surface area contributed by atoms with Gasteiger partial charge in [-0.05, 0) is 37.1 Å². The second-order valence-corrected chi connectivity index (χ2v) is 4.55. The molecule has 0 saturated heterocycles. The number of aliphatic hydroxyl groups excluding tert-OH is 1. The average Bonchev–Trinajstić information content (AvgIpc) is 2.25. The number of hydrogen-bond acceptors (Lipinski definition) is 2. The normalized spacial score (nSPS) is 26.3. The summed E-state index contributed by atoms with van der Waals surface area (Å²) >= 11 is 5.81. The summed E-state index contributed by atoms with van der Waals surface area (Å²) in [5, 5.41) is 13.9. The minimum absolute atomic E-state index is 0.194. The molecule has 0 amide bonds. The molecule has 0 radical (unpaired) electrons. The molecular weight excluding hydrogens is 210 g/mol. The van der Waals surface area contributed by atoms with E-state index in [4.69, 9.17) is 11.6 Å². The zero-order valence-electron chi connectivity index (χ0n) is 8.62. The summed E-state index contributed by atoms with van der Waals surface area (Å²) in [5.74, 6) is 0. The van der Waals surface area contributed by atoms with Crippen molar-refractivity contribution in [2.75, 3.05) is 5.32 Å². The summed E-state index contributed by atoms with van der Waals surface area (Å²) < 4.78 is 0. The van der Waals surface area contributed by atoms with E-state index < -0.39 is 0 Å². The van der Waals surface area contributed by atoms with Crippen LogP contribution >= 0.6 is 11.6 Å². The lowest BCUT2D eigenvalue weighted by atomic mass is 9.92. The van der Waals surface area contributed by atoms with Crippen LogP contribution in [-0.4, -0.2) is 17.3 Å². The fourth-order valence-electron chi connectivity index (χ4n) is 2.04. The van der Waals surface area contributed by atoms with E-state index in [1.54, 1.807) is 0 Å². The predicted molar refractivity (Wildman–Crippen MR) is 63.3 cm³/mol. The number of benzene rings is 1. The Kier molecular flexibility index (Phi) is 3.49. The summed E-state index contributed by atoms with van der Waals surface area (Å²) in [6.07, 6.45) is 4.08. The number of aliphatic hydroxyl groups is 1. The Labute approximate surface area is 95.3 Å². The van der Waals surface area contributed by atoms with Crippen LogP contribution in [0.15, 0.2) is 24.3 Å². The molecule has 3 heteroatoms. The second kappa shape index (κ2) is 4.86. The van der Waals surface area contributed by atoms with Gasteiger partial charge >= 0.3 is 0 Å². The minimum atomic E-state index is -0.213. The molecule has 2 nitrogen and oxygen atoms in total. The first kappa shape index (κ1) is 10.8. The Bertz CT molecular complexity index is 312. The Morgan fingerprint density at radius 1 is 1.13 bits per heavy atom. The SMILES string of the molecule is O[C@H]1CCCC[C@@H]1Nc1ccc(Cl)cc1. The first-order valence-electron chi connectivity index (χ1n) is 5.46. The van der Waals surface area contributed by atoms with Gasteiger partial charge in [0.05, 0.1) is 12.1 Å². The zero-order valence-corrected chi connectivity index (χ0v) is 9.37. The third-order valence-corrected chi connectivity index (χ3v) is 3.18. The molecular formula is C12H16ClNO. The number of hydrogen-bond donors (Lipinski definition) is 2. The summed E-state index contributed by atoms with van der Waals surface area (Å²) in [6.45, 7) is 0. The topological polar surface area (TPSA) is 32.3 Å². The lowest BCUT2D eigenvalue weighted by molar-refractivity contribution is 0.116. The largest absolute Gasteiger partial charge is 0.391 e. The molecule has 2 N–H and O–H groups in total. The molecule has 1 aliphatic rings. The predicted octanol–water partition coefficient (Wildman–Crippen LogP) is 3.06. The molecule has 1 aromatic rings. The Balaban J connectivity index is 1.98. The molecule has 0 heterocycles. The molecule has 0 bridgehead atoms. The van der Waals surface area contributed by atoms with E-state index in [9.17, 15) is 5.11 Å². The van der Waals surface area contributed by atoms with Gasteiger partial charge in [0.1, 0.15) is 0 Å². The van der Waals surface area contributed by atoms with Gasteiger partial charge in [0.15, 0.2) is 0 Å². The first-order valence-corrected chi connectivity index (χ1v) is 5.84. The van der Waals surface area contributed by atoms with E-state index in [1.165, 1.54) is 6.42 Å².